The van der Waals surface area contributed by atoms with Gasteiger partial charge in [0.25, 0.3) is 0 Å². The van der Waals surface area contributed by atoms with Crippen molar-refractivity contribution in [2.24, 2.45) is 0 Å². The Labute approximate surface area is 104 Å². The Morgan fingerprint density at radius 2 is 1.63 bits per heavy atom. The fourth-order valence-corrected chi connectivity index (χ4v) is 1.07. The van der Waals surface area contributed by atoms with Gasteiger partial charge in [0.1, 0.15) is 0 Å². The van der Waals surface area contributed by atoms with Gasteiger partial charge in [-0.1, -0.05) is 18.2 Å². The third-order valence-electron chi connectivity index (χ3n) is 2.16. The van der Waals surface area contributed by atoms with E-state index in [2.05, 4.69) is 4.74 Å². The lowest BCUT2D eigenvalue weighted by atomic mass is 10.2. The van der Waals surface area contributed by atoms with Crippen molar-refractivity contribution in [3.05, 3.63) is 35.9 Å². The fourth-order valence-electron chi connectivity index (χ4n) is 1.07. The summed E-state index contributed by atoms with van der Waals surface area (Å²) in [6, 6.07) is 6.71. The van der Waals surface area contributed by atoms with Gasteiger partial charge in [0, 0.05) is 0 Å². The lowest BCUT2D eigenvalue weighted by Gasteiger charge is -2.25. The third kappa shape index (κ3) is 3.39. The zero-order valence-corrected chi connectivity index (χ0v) is 9.26. The van der Waals surface area contributed by atoms with Crippen LogP contribution < -0.4 is 0 Å². The van der Waals surface area contributed by atoms with Gasteiger partial charge in [0.2, 0.25) is 0 Å². The first-order valence-corrected chi connectivity index (χ1v) is 4.94. The minimum Gasteiger partial charge on any atom is -0.455 e. The molecule has 0 spiro atoms. The number of hydrogen-bond donors (Lipinski definition) is 0. The number of alkyl halides is 6. The Kier molecular flexibility index (Phi) is 4.43. The number of benzene rings is 1. The summed E-state index contributed by atoms with van der Waals surface area (Å²) in [4.78, 5) is 11.2. The van der Waals surface area contributed by atoms with E-state index in [1.54, 1.807) is 0 Å². The van der Waals surface area contributed by atoms with Crippen LogP contribution in [0.25, 0.3) is 0 Å². The predicted molar refractivity (Wildman–Crippen MR) is 52.6 cm³/mol. The minimum atomic E-state index is -5.57. The van der Waals surface area contributed by atoms with Crippen LogP contribution in [-0.4, -0.2) is 30.8 Å². The van der Waals surface area contributed by atoms with E-state index >= 15 is 0 Å². The highest BCUT2D eigenvalue weighted by Gasteiger charge is 2.63. The van der Waals surface area contributed by atoms with Crippen molar-refractivity contribution in [3.63, 3.8) is 0 Å². The lowest BCUT2D eigenvalue weighted by Crippen LogP contribution is -2.49. The minimum absolute atomic E-state index is 0.154. The summed E-state index contributed by atoms with van der Waals surface area (Å²) in [5, 5.41) is 0. The highest BCUT2D eigenvalue weighted by molar-refractivity contribution is 5.89. The largest absolute Gasteiger partial charge is 0.455 e. The summed E-state index contributed by atoms with van der Waals surface area (Å²) in [6.45, 7) is -2.13. The zero-order valence-electron chi connectivity index (χ0n) is 9.26. The van der Waals surface area contributed by atoms with E-state index in [1.807, 2.05) is 0 Å². The summed E-state index contributed by atoms with van der Waals surface area (Å²) < 4.78 is 78.1. The number of rotatable bonds is 5. The van der Waals surface area contributed by atoms with E-state index < -0.39 is 30.8 Å². The number of carbonyl (C=O) groups is 1. The molecule has 0 saturated carbocycles. The molecule has 0 N–H and O–H groups in total. The van der Waals surface area contributed by atoms with E-state index in [9.17, 15) is 31.1 Å². The molecule has 0 fully saturated rings. The molecule has 8 heteroatoms. The number of hydrogen-bond acceptors (Lipinski definition) is 2. The molecule has 0 atom stereocenters. The van der Waals surface area contributed by atoms with Crippen molar-refractivity contribution in [2.75, 3.05) is 6.61 Å². The Morgan fingerprint density at radius 3 is 2.11 bits per heavy atom. The Bertz CT molecular complexity index is 432. The first kappa shape index (κ1) is 15.3. The van der Waals surface area contributed by atoms with E-state index in [1.165, 1.54) is 30.3 Å². The molecule has 106 valence electrons. The molecule has 0 heterocycles. The molecular weight excluding hydrogens is 278 g/mol. The number of ether oxygens (including phenoxy) is 1. The molecule has 0 aliphatic rings. The first-order chi connectivity index (χ1) is 8.68. The molecule has 0 saturated heterocycles. The van der Waals surface area contributed by atoms with Crippen LogP contribution in [0.5, 0.6) is 0 Å². The molecule has 0 amide bonds. The van der Waals surface area contributed by atoms with Crippen LogP contribution in [0, 0.1) is 0 Å². The van der Waals surface area contributed by atoms with Crippen LogP contribution >= 0.6 is 0 Å². The highest BCUT2D eigenvalue weighted by Crippen LogP contribution is 2.39. The molecule has 0 unspecified atom stereocenters. The van der Waals surface area contributed by atoms with Crippen molar-refractivity contribution in [3.8, 4) is 0 Å². The molecule has 0 radical (unpaired) electrons. The van der Waals surface area contributed by atoms with Crippen molar-refractivity contribution in [1.82, 2.24) is 0 Å². The smallest absolute Gasteiger partial charge is 0.372 e. The third-order valence-corrected chi connectivity index (χ3v) is 2.16. The quantitative estimate of drug-likeness (QED) is 0.612. The van der Waals surface area contributed by atoms with Crippen molar-refractivity contribution in [1.29, 1.82) is 0 Å². The molecule has 1 aromatic carbocycles. The zero-order chi connectivity index (χ0) is 14.7. The van der Waals surface area contributed by atoms with Crippen molar-refractivity contribution < 1.29 is 35.9 Å². The molecule has 2 nitrogen and oxygen atoms in total. The van der Waals surface area contributed by atoms with Gasteiger partial charge in [-0.3, -0.25) is 0 Å². The second-order valence-electron chi connectivity index (χ2n) is 3.57. The molecule has 1 aromatic rings. The average Bonchev–Trinajstić information content (AvgIpc) is 2.36. The van der Waals surface area contributed by atoms with Crippen LogP contribution in [0.4, 0.5) is 26.3 Å². The summed E-state index contributed by atoms with van der Waals surface area (Å²) in [6.07, 6.45) is -4.56. The van der Waals surface area contributed by atoms with Crippen molar-refractivity contribution >= 4 is 5.97 Å². The van der Waals surface area contributed by atoms with Gasteiger partial charge in [-0.25, -0.2) is 13.6 Å². The van der Waals surface area contributed by atoms with Gasteiger partial charge in [-0.05, 0) is 12.1 Å². The normalized spacial score (nSPS) is 12.6. The lowest BCUT2D eigenvalue weighted by molar-refractivity contribution is -0.274. The molecule has 0 aromatic heterocycles. The van der Waals surface area contributed by atoms with E-state index in [0.29, 0.717) is 0 Å². The van der Waals surface area contributed by atoms with Gasteiger partial charge >= 0.3 is 24.2 Å². The number of halogens is 6. The van der Waals surface area contributed by atoms with Crippen LogP contribution in [0.1, 0.15) is 10.4 Å². The van der Waals surface area contributed by atoms with Gasteiger partial charge in [0.15, 0.2) is 6.61 Å². The van der Waals surface area contributed by atoms with Crippen LogP contribution in [-0.2, 0) is 4.74 Å². The maximum atomic E-state index is 12.8. The standard InChI is InChI=1S/C11H8F6O2/c12-9(13)11(16,17)10(14,15)6-19-8(18)7-4-2-1-3-5-7/h1-5,9H,6H2. The molecule has 0 aliphatic heterocycles. The van der Waals surface area contributed by atoms with E-state index in [-0.39, 0.29) is 5.56 Å². The van der Waals surface area contributed by atoms with Gasteiger partial charge in [-0.2, -0.15) is 17.6 Å². The Balaban J connectivity index is 2.69. The van der Waals surface area contributed by atoms with Gasteiger partial charge in [-0.15, -0.1) is 0 Å². The van der Waals surface area contributed by atoms with Gasteiger partial charge in [0.05, 0.1) is 5.56 Å². The molecular formula is C11H8F6O2. The summed E-state index contributed by atoms with van der Waals surface area (Å²) in [7, 11) is 0. The predicted octanol–water partition coefficient (Wildman–Crippen LogP) is 3.38. The SMILES string of the molecule is O=C(OCC(F)(F)C(F)(F)C(F)F)c1ccccc1. The average molecular weight is 286 g/mol. The second kappa shape index (κ2) is 5.50. The maximum absolute atomic E-state index is 12.8. The van der Waals surface area contributed by atoms with Crippen LogP contribution in [0.15, 0.2) is 30.3 Å². The topological polar surface area (TPSA) is 26.3 Å². The fraction of sp³-hybridized carbons (Fsp3) is 0.364. The molecule has 1 rings (SSSR count). The van der Waals surface area contributed by atoms with E-state index in [4.69, 9.17) is 0 Å². The van der Waals surface area contributed by atoms with E-state index in [0.717, 1.165) is 0 Å². The highest BCUT2D eigenvalue weighted by atomic mass is 19.3. The van der Waals surface area contributed by atoms with Crippen LogP contribution in [0.3, 0.4) is 0 Å². The van der Waals surface area contributed by atoms with Crippen molar-refractivity contribution in [2.45, 2.75) is 18.3 Å². The summed E-state index contributed by atoms with van der Waals surface area (Å²) in [5.41, 5.74) is -0.154. The Morgan fingerprint density at radius 1 is 1.11 bits per heavy atom. The van der Waals surface area contributed by atoms with Gasteiger partial charge < -0.3 is 4.74 Å². The molecule has 0 bridgehead atoms. The molecule has 0 aliphatic carbocycles. The summed E-state index contributed by atoms with van der Waals surface area (Å²) >= 11 is 0. The Hall–Kier alpha value is -1.73. The van der Waals surface area contributed by atoms with Crippen LogP contribution in [0.2, 0.25) is 0 Å². The summed E-state index contributed by atoms with van der Waals surface area (Å²) in [5.74, 6) is -12.0. The second-order valence-corrected chi connectivity index (χ2v) is 3.57. The maximum Gasteiger partial charge on any atom is 0.372 e. The number of esters is 1. The molecule has 19 heavy (non-hydrogen) atoms. The first-order valence-electron chi connectivity index (χ1n) is 4.94. The monoisotopic (exact) mass is 286 g/mol. The number of carbonyl (C=O) groups excluding carboxylic acids is 1.